The number of rotatable bonds is 8. The van der Waals surface area contributed by atoms with Gasteiger partial charge in [0.2, 0.25) is 0 Å². The van der Waals surface area contributed by atoms with Crippen molar-refractivity contribution in [2.24, 2.45) is 0 Å². The molecule has 0 amide bonds. The first-order valence-electron chi connectivity index (χ1n) is 4.73. The van der Waals surface area contributed by atoms with E-state index in [-0.39, 0.29) is 6.61 Å². The Morgan fingerprint density at radius 3 is 2.25 bits per heavy atom. The molecule has 0 aliphatic rings. The number of allylic oxidation sites excluding steroid dienone is 1. The highest BCUT2D eigenvalue weighted by atomic mass is 35.5. The van der Waals surface area contributed by atoms with E-state index < -0.39 is 0 Å². The second-order valence-electron chi connectivity index (χ2n) is 2.88. The largest absolute Gasteiger partial charge is 0.396 e. The van der Waals surface area contributed by atoms with E-state index in [0.29, 0.717) is 0 Å². The topological polar surface area (TPSA) is 20.2 Å². The van der Waals surface area contributed by atoms with Crippen LogP contribution in [-0.2, 0) is 0 Å². The van der Waals surface area contributed by atoms with Gasteiger partial charge < -0.3 is 5.11 Å². The smallest absolute Gasteiger partial charge is 0.0465 e. The summed E-state index contributed by atoms with van der Waals surface area (Å²) in [7, 11) is 0. The number of hydrogen-bond acceptors (Lipinski definition) is 1. The number of aliphatic hydroxyl groups excluding tert-OH is 1. The predicted octanol–water partition coefficient (Wildman–Crippen LogP) is 3.11. The van der Waals surface area contributed by atoms with Gasteiger partial charge in [-0.25, -0.2) is 0 Å². The summed E-state index contributed by atoms with van der Waals surface area (Å²) in [5, 5.41) is 8.47. The first-order chi connectivity index (χ1) is 5.91. The van der Waals surface area contributed by atoms with Crippen LogP contribution in [0.15, 0.2) is 12.2 Å². The molecule has 1 N–H and O–H groups in total. The molecule has 12 heavy (non-hydrogen) atoms. The van der Waals surface area contributed by atoms with Gasteiger partial charge in [0, 0.05) is 12.5 Å². The lowest BCUT2D eigenvalue weighted by Gasteiger charge is -1.95. The van der Waals surface area contributed by atoms with Gasteiger partial charge in [-0.1, -0.05) is 25.0 Å². The second-order valence-corrected chi connectivity index (χ2v) is 3.25. The van der Waals surface area contributed by atoms with Gasteiger partial charge in [-0.05, 0) is 25.7 Å². The Labute approximate surface area is 80.4 Å². The quantitative estimate of drug-likeness (QED) is 0.354. The highest BCUT2D eigenvalue weighted by Gasteiger charge is 1.86. The normalized spacial score (nSPS) is 11.2. The van der Waals surface area contributed by atoms with Crippen molar-refractivity contribution in [3.63, 3.8) is 0 Å². The fourth-order valence-electron chi connectivity index (χ4n) is 1.02. The average Bonchev–Trinajstić information content (AvgIpc) is 2.10. The zero-order valence-electron chi connectivity index (χ0n) is 7.64. The van der Waals surface area contributed by atoms with Crippen molar-refractivity contribution in [1.29, 1.82) is 0 Å². The molecule has 0 unspecified atom stereocenters. The Balaban J connectivity index is 2.90. The predicted molar refractivity (Wildman–Crippen MR) is 54.6 cm³/mol. The molecule has 0 bridgehead atoms. The number of alkyl halides is 1. The molecule has 0 atom stereocenters. The van der Waals surface area contributed by atoms with Crippen LogP contribution in [0.1, 0.15) is 38.5 Å². The van der Waals surface area contributed by atoms with E-state index in [9.17, 15) is 0 Å². The molecule has 1 nitrogen and oxygen atoms in total. The van der Waals surface area contributed by atoms with Crippen molar-refractivity contribution in [2.45, 2.75) is 38.5 Å². The van der Waals surface area contributed by atoms with E-state index in [4.69, 9.17) is 16.7 Å². The molecule has 0 saturated carbocycles. The molecule has 2 heteroatoms. The molecule has 0 aliphatic carbocycles. The monoisotopic (exact) mass is 190 g/mol. The summed E-state index contributed by atoms with van der Waals surface area (Å²) in [6.07, 6.45) is 11.0. The van der Waals surface area contributed by atoms with Crippen LogP contribution in [0.2, 0.25) is 0 Å². The molecule has 0 aromatic rings. The maximum atomic E-state index is 8.47. The molecule has 0 spiro atoms. The Kier molecular flexibility index (Phi) is 11.0. The molecule has 0 heterocycles. The minimum Gasteiger partial charge on any atom is -0.396 e. The van der Waals surface area contributed by atoms with E-state index in [2.05, 4.69) is 6.08 Å². The third-order valence-electron chi connectivity index (χ3n) is 1.72. The molecule has 0 saturated heterocycles. The maximum Gasteiger partial charge on any atom is 0.0465 e. The van der Waals surface area contributed by atoms with Gasteiger partial charge in [-0.3, -0.25) is 0 Å². The summed E-state index contributed by atoms with van der Waals surface area (Å²) in [4.78, 5) is 0. The van der Waals surface area contributed by atoms with Crippen LogP contribution < -0.4 is 0 Å². The molecule has 0 aliphatic heterocycles. The zero-order chi connectivity index (χ0) is 9.07. The van der Waals surface area contributed by atoms with E-state index >= 15 is 0 Å². The third kappa shape index (κ3) is 9.99. The standard InChI is InChI=1S/C10H19ClO/c11-9-7-5-3-1-2-4-6-8-10-12/h4,6,12H,1-3,5,7-10H2/b6-4+. The van der Waals surface area contributed by atoms with E-state index in [1.807, 2.05) is 6.08 Å². The zero-order valence-corrected chi connectivity index (χ0v) is 8.39. The van der Waals surface area contributed by atoms with Gasteiger partial charge in [-0.2, -0.15) is 0 Å². The third-order valence-corrected chi connectivity index (χ3v) is 1.98. The van der Waals surface area contributed by atoms with Crippen molar-refractivity contribution in [3.8, 4) is 0 Å². The lowest BCUT2D eigenvalue weighted by atomic mass is 10.1. The minimum atomic E-state index is 0.267. The van der Waals surface area contributed by atoms with Crippen LogP contribution in [0.25, 0.3) is 0 Å². The van der Waals surface area contributed by atoms with Crippen molar-refractivity contribution >= 4 is 11.6 Å². The SMILES string of the molecule is OCC/C=C/CCCCCCCl. The van der Waals surface area contributed by atoms with Crippen molar-refractivity contribution in [3.05, 3.63) is 12.2 Å². The van der Waals surface area contributed by atoms with E-state index in [0.717, 1.165) is 25.1 Å². The summed E-state index contributed by atoms with van der Waals surface area (Å²) in [5.41, 5.74) is 0. The van der Waals surface area contributed by atoms with Gasteiger partial charge in [0.1, 0.15) is 0 Å². The van der Waals surface area contributed by atoms with Crippen LogP contribution in [-0.4, -0.2) is 17.6 Å². The highest BCUT2D eigenvalue weighted by Crippen LogP contribution is 2.04. The van der Waals surface area contributed by atoms with Crippen LogP contribution in [0.4, 0.5) is 0 Å². The summed E-state index contributed by atoms with van der Waals surface area (Å²) in [5.74, 6) is 0.792. The lowest BCUT2D eigenvalue weighted by Crippen LogP contribution is -1.79. The maximum absolute atomic E-state index is 8.47. The van der Waals surface area contributed by atoms with E-state index in [1.54, 1.807) is 0 Å². The second kappa shape index (κ2) is 11.0. The number of hydrogen-bond donors (Lipinski definition) is 1. The summed E-state index contributed by atoms with van der Waals surface area (Å²) < 4.78 is 0. The van der Waals surface area contributed by atoms with Gasteiger partial charge in [0.15, 0.2) is 0 Å². The van der Waals surface area contributed by atoms with Gasteiger partial charge in [0.25, 0.3) is 0 Å². The summed E-state index contributed by atoms with van der Waals surface area (Å²) in [6.45, 7) is 0.267. The van der Waals surface area contributed by atoms with E-state index in [1.165, 1.54) is 19.3 Å². The fourth-order valence-corrected chi connectivity index (χ4v) is 1.21. The van der Waals surface area contributed by atoms with Gasteiger partial charge in [0.05, 0.1) is 0 Å². The molecular weight excluding hydrogens is 172 g/mol. The first-order valence-corrected chi connectivity index (χ1v) is 5.27. The van der Waals surface area contributed by atoms with Crippen molar-refractivity contribution in [1.82, 2.24) is 0 Å². The molecule has 0 fully saturated rings. The molecule has 0 aromatic carbocycles. The summed E-state index contributed by atoms with van der Waals surface area (Å²) >= 11 is 5.54. The van der Waals surface area contributed by atoms with Gasteiger partial charge in [-0.15, -0.1) is 11.6 Å². The van der Waals surface area contributed by atoms with Crippen LogP contribution in [0, 0.1) is 0 Å². The number of unbranched alkanes of at least 4 members (excludes halogenated alkanes) is 4. The van der Waals surface area contributed by atoms with Gasteiger partial charge >= 0.3 is 0 Å². The Morgan fingerprint density at radius 1 is 0.917 bits per heavy atom. The minimum absolute atomic E-state index is 0.267. The lowest BCUT2D eigenvalue weighted by molar-refractivity contribution is 0.302. The molecule has 0 aromatic heterocycles. The number of halogens is 1. The Bertz CT molecular complexity index is 102. The molecule has 0 radical (unpaired) electrons. The van der Waals surface area contributed by atoms with Crippen molar-refractivity contribution in [2.75, 3.05) is 12.5 Å². The highest BCUT2D eigenvalue weighted by molar-refractivity contribution is 6.17. The number of aliphatic hydroxyl groups is 1. The Morgan fingerprint density at radius 2 is 1.58 bits per heavy atom. The molecule has 72 valence electrons. The van der Waals surface area contributed by atoms with Crippen LogP contribution in [0.5, 0.6) is 0 Å². The first kappa shape index (κ1) is 12.0. The molecular formula is C10H19ClO. The average molecular weight is 191 g/mol. The molecule has 0 rings (SSSR count). The fraction of sp³-hybridized carbons (Fsp3) is 0.800. The van der Waals surface area contributed by atoms with Crippen LogP contribution >= 0.6 is 11.6 Å². The summed E-state index contributed by atoms with van der Waals surface area (Å²) in [6, 6.07) is 0. The van der Waals surface area contributed by atoms with Crippen LogP contribution in [0.3, 0.4) is 0 Å². The Hall–Kier alpha value is -0.0100. The van der Waals surface area contributed by atoms with Crippen molar-refractivity contribution < 1.29 is 5.11 Å².